The van der Waals surface area contributed by atoms with Crippen LogP contribution >= 0.6 is 39.9 Å². The predicted octanol–water partition coefficient (Wildman–Crippen LogP) is 5.90. The Bertz CT molecular complexity index is 1230. The van der Waals surface area contributed by atoms with Gasteiger partial charge in [0.1, 0.15) is 11.3 Å². The summed E-state index contributed by atoms with van der Waals surface area (Å²) in [7, 11) is 0. The highest BCUT2D eigenvalue weighted by atomic mass is 79.9. The minimum absolute atomic E-state index is 0.0497. The normalized spacial score (nSPS) is 15.4. The largest absolute Gasteiger partial charge is 0.449 e. The lowest BCUT2D eigenvalue weighted by atomic mass is 10.1. The summed E-state index contributed by atoms with van der Waals surface area (Å²) in [5, 5.41) is 3.28. The van der Waals surface area contributed by atoms with Crippen LogP contribution in [-0.2, 0) is 16.0 Å². The lowest BCUT2D eigenvalue weighted by molar-refractivity contribution is -0.122. The second-order valence-electron chi connectivity index (χ2n) is 7.18. The van der Waals surface area contributed by atoms with Gasteiger partial charge < -0.3 is 4.42 Å². The average Bonchev–Trinajstić information content (AvgIpc) is 3.12. The first-order valence-electron chi connectivity index (χ1n) is 9.90. The van der Waals surface area contributed by atoms with Crippen molar-refractivity contribution < 1.29 is 14.0 Å². The molecule has 1 fully saturated rings. The standard InChI is InChI=1S/C24H19BrN2O3S2/c1-3-15-6-8-16(9-7-15)27-22(29)19(21(28)26-24(27)31)12-17-13-20(25)23(30-17)32-18-10-4-14(2)5-11-18/h4-13H,3H2,1-2H3,(H,26,28,31)/b19-12+. The van der Waals surface area contributed by atoms with Crippen molar-refractivity contribution in [1.29, 1.82) is 0 Å². The number of amides is 2. The minimum Gasteiger partial charge on any atom is -0.449 e. The van der Waals surface area contributed by atoms with E-state index in [1.807, 2.05) is 55.5 Å². The second-order valence-corrected chi connectivity index (χ2v) is 9.46. The zero-order valence-corrected chi connectivity index (χ0v) is 20.6. The van der Waals surface area contributed by atoms with E-state index in [-0.39, 0.29) is 10.7 Å². The lowest BCUT2D eigenvalue weighted by Crippen LogP contribution is -2.54. The van der Waals surface area contributed by atoms with Crippen LogP contribution in [0.3, 0.4) is 0 Å². The molecule has 4 rings (SSSR count). The second kappa shape index (κ2) is 9.44. The third-order valence-electron chi connectivity index (χ3n) is 4.90. The molecule has 8 heteroatoms. The molecule has 0 aliphatic carbocycles. The van der Waals surface area contributed by atoms with E-state index in [4.69, 9.17) is 16.6 Å². The van der Waals surface area contributed by atoms with Gasteiger partial charge in [0.05, 0.1) is 10.2 Å². The van der Waals surface area contributed by atoms with Gasteiger partial charge in [0.2, 0.25) is 0 Å². The van der Waals surface area contributed by atoms with Crippen LogP contribution < -0.4 is 10.2 Å². The van der Waals surface area contributed by atoms with Crippen molar-refractivity contribution in [3.8, 4) is 0 Å². The van der Waals surface area contributed by atoms with Crippen LogP contribution in [0.4, 0.5) is 5.69 Å². The van der Waals surface area contributed by atoms with Gasteiger partial charge >= 0.3 is 0 Å². The average molecular weight is 527 g/mol. The molecule has 2 aromatic carbocycles. The van der Waals surface area contributed by atoms with Crippen LogP contribution in [0.25, 0.3) is 6.08 Å². The molecule has 2 amide bonds. The number of furan rings is 1. The molecular formula is C24H19BrN2O3S2. The first kappa shape index (κ1) is 22.5. The summed E-state index contributed by atoms with van der Waals surface area (Å²) < 4.78 is 6.64. The van der Waals surface area contributed by atoms with E-state index in [9.17, 15) is 9.59 Å². The van der Waals surface area contributed by atoms with Crippen molar-refractivity contribution in [2.24, 2.45) is 0 Å². The smallest absolute Gasteiger partial charge is 0.270 e. The SMILES string of the molecule is CCc1ccc(N2C(=O)/C(=C/c3cc(Br)c(Sc4ccc(C)cc4)o3)C(=O)NC2=S)cc1. The Labute approximate surface area is 204 Å². The van der Waals surface area contributed by atoms with Crippen LogP contribution in [0.1, 0.15) is 23.8 Å². The van der Waals surface area contributed by atoms with E-state index in [1.165, 1.54) is 28.3 Å². The molecule has 0 unspecified atom stereocenters. The van der Waals surface area contributed by atoms with Gasteiger partial charge in [-0.25, -0.2) is 0 Å². The van der Waals surface area contributed by atoms with E-state index >= 15 is 0 Å². The van der Waals surface area contributed by atoms with Crippen LogP contribution in [0.15, 0.2) is 79.0 Å². The molecule has 1 aromatic heterocycles. The van der Waals surface area contributed by atoms with Gasteiger partial charge in [-0.1, -0.05) is 48.5 Å². The minimum atomic E-state index is -0.554. The van der Waals surface area contributed by atoms with Crippen LogP contribution in [0.2, 0.25) is 0 Å². The van der Waals surface area contributed by atoms with Crippen LogP contribution in [0, 0.1) is 6.92 Å². The van der Waals surface area contributed by atoms with E-state index < -0.39 is 11.8 Å². The van der Waals surface area contributed by atoms with Crippen molar-refractivity contribution >= 4 is 68.6 Å². The van der Waals surface area contributed by atoms with Crippen LogP contribution in [-0.4, -0.2) is 16.9 Å². The summed E-state index contributed by atoms with van der Waals surface area (Å²) in [5.74, 6) is -0.663. The molecule has 0 radical (unpaired) electrons. The van der Waals surface area contributed by atoms with Gasteiger partial charge in [-0.2, -0.15) is 0 Å². The summed E-state index contributed by atoms with van der Waals surface area (Å²) in [6, 6.07) is 17.3. The molecule has 1 aliphatic rings. The predicted molar refractivity (Wildman–Crippen MR) is 134 cm³/mol. The summed E-state index contributed by atoms with van der Waals surface area (Å²) in [4.78, 5) is 28.0. The van der Waals surface area contributed by atoms with Crippen molar-refractivity contribution in [2.75, 3.05) is 4.90 Å². The maximum Gasteiger partial charge on any atom is 0.270 e. The summed E-state index contributed by atoms with van der Waals surface area (Å²) in [6.45, 7) is 4.08. The van der Waals surface area contributed by atoms with Gasteiger partial charge in [0.15, 0.2) is 10.2 Å². The van der Waals surface area contributed by atoms with E-state index in [2.05, 4.69) is 28.2 Å². The molecule has 32 heavy (non-hydrogen) atoms. The molecule has 1 saturated heterocycles. The zero-order valence-electron chi connectivity index (χ0n) is 17.3. The molecule has 5 nitrogen and oxygen atoms in total. The summed E-state index contributed by atoms with van der Waals surface area (Å²) in [5.41, 5.74) is 2.86. The number of rotatable bonds is 5. The number of nitrogens with one attached hydrogen (secondary N) is 1. The first-order valence-corrected chi connectivity index (χ1v) is 11.9. The fourth-order valence-corrected chi connectivity index (χ4v) is 4.75. The molecule has 1 aliphatic heterocycles. The fraction of sp³-hybridized carbons (Fsp3) is 0.125. The molecule has 1 N–H and O–H groups in total. The maximum atomic E-state index is 13.2. The molecule has 162 valence electrons. The number of carbonyl (C=O) groups is 2. The third kappa shape index (κ3) is 4.72. The van der Waals surface area contributed by atoms with Gasteiger partial charge in [0.25, 0.3) is 11.8 Å². The van der Waals surface area contributed by atoms with E-state index in [0.717, 1.165) is 21.4 Å². The molecule has 2 heterocycles. The number of halogens is 1. The number of thiocarbonyl (C=S) groups is 1. The lowest BCUT2D eigenvalue weighted by Gasteiger charge is -2.28. The Morgan fingerprint density at radius 2 is 1.81 bits per heavy atom. The number of benzene rings is 2. The van der Waals surface area contributed by atoms with Gasteiger partial charge in [-0.05, 0) is 83.5 Å². The number of carbonyl (C=O) groups excluding carboxylic acids is 2. The molecule has 0 saturated carbocycles. The van der Waals surface area contributed by atoms with Crippen molar-refractivity contribution in [3.05, 3.63) is 81.5 Å². The van der Waals surface area contributed by atoms with Crippen LogP contribution in [0.5, 0.6) is 0 Å². The van der Waals surface area contributed by atoms with Gasteiger partial charge in [0, 0.05) is 4.90 Å². The highest BCUT2D eigenvalue weighted by Gasteiger charge is 2.34. The molecule has 3 aromatic rings. The van der Waals surface area contributed by atoms with Gasteiger partial charge in [-0.3, -0.25) is 19.8 Å². The Kier molecular flexibility index (Phi) is 6.64. The van der Waals surface area contributed by atoms with E-state index in [1.54, 1.807) is 6.07 Å². The summed E-state index contributed by atoms with van der Waals surface area (Å²) in [6.07, 6.45) is 2.33. The first-order chi connectivity index (χ1) is 15.4. The number of hydrogen-bond donors (Lipinski definition) is 1. The molecule has 0 atom stereocenters. The monoisotopic (exact) mass is 526 g/mol. The Balaban J connectivity index is 1.62. The third-order valence-corrected chi connectivity index (χ3v) is 7.03. The Hall–Kier alpha value is -2.68. The van der Waals surface area contributed by atoms with Crippen molar-refractivity contribution in [3.63, 3.8) is 0 Å². The van der Waals surface area contributed by atoms with Crippen molar-refractivity contribution in [2.45, 2.75) is 30.3 Å². The van der Waals surface area contributed by atoms with E-state index in [0.29, 0.717) is 16.5 Å². The summed E-state index contributed by atoms with van der Waals surface area (Å²) >= 11 is 10.2. The van der Waals surface area contributed by atoms with Crippen molar-refractivity contribution in [1.82, 2.24) is 5.32 Å². The number of nitrogens with zero attached hydrogens (tertiary/aromatic N) is 1. The van der Waals surface area contributed by atoms with Gasteiger partial charge in [-0.15, -0.1) is 0 Å². The maximum absolute atomic E-state index is 13.2. The zero-order chi connectivity index (χ0) is 22.8. The highest BCUT2D eigenvalue weighted by molar-refractivity contribution is 9.10. The molecule has 0 spiro atoms. The Morgan fingerprint density at radius 1 is 1.12 bits per heavy atom. The Morgan fingerprint density at radius 3 is 2.47 bits per heavy atom. The number of hydrogen-bond acceptors (Lipinski definition) is 5. The molecule has 0 bridgehead atoms. The fourth-order valence-electron chi connectivity index (χ4n) is 3.14. The highest BCUT2D eigenvalue weighted by Crippen LogP contribution is 2.37. The topological polar surface area (TPSA) is 62.6 Å². The number of aryl methyl sites for hydroxylation is 2. The number of anilines is 1. The quantitative estimate of drug-likeness (QED) is 0.255. The molecular weight excluding hydrogens is 508 g/mol.